The molecular formula is C13H19N3O. The van der Waals surface area contributed by atoms with Gasteiger partial charge < -0.3 is 10.6 Å². The van der Waals surface area contributed by atoms with E-state index in [1.165, 1.54) is 5.56 Å². The number of pyridine rings is 1. The number of carbonyl (C=O) groups excluding carboxylic acids is 1. The number of hydrogen-bond donors (Lipinski definition) is 1. The van der Waals surface area contributed by atoms with Crippen molar-refractivity contribution in [1.82, 2.24) is 9.88 Å². The number of hydrogen-bond acceptors (Lipinski definition) is 3. The van der Waals surface area contributed by atoms with Crippen molar-refractivity contribution >= 4 is 5.91 Å². The van der Waals surface area contributed by atoms with Crippen LogP contribution in [-0.4, -0.2) is 28.9 Å². The molecule has 0 saturated heterocycles. The summed E-state index contributed by atoms with van der Waals surface area (Å²) in [6.45, 7) is 3.89. The van der Waals surface area contributed by atoms with Crippen molar-refractivity contribution < 1.29 is 4.79 Å². The van der Waals surface area contributed by atoms with Gasteiger partial charge in [0, 0.05) is 37.9 Å². The zero-order valence-electron chi connectivity index (χ0n) is 10.2. The van der Waals surface area contributed by atoms with E-state index >= 15 is 0 Å². The number of nitrogens with two attached hydrogens (primary N) is 1. The summed E-state index contributed by atoms with van der Waals surface area (Å²) >= 11 is 0. The first kappa shape index (κ1) is 12.0. The smallest absolute Gasteiger partial charge is 0.227 e. The largest absolute Gasteiger partial charge is 0.338 e. The van der Waals surface area contributed by atoms with Crippen LogP contribution in [0, 0.1) is 5.92 Å². The SMILES string of the molecule is CCC(CN)C(=O)N1CCc2ncccc2C1. The number of amides is 1. The van der Waals surface area contributed by atoms with Crippen molar-refractivity contribution in [3.8, 4) is 0 Å². The third-order valence-electron chi connectivity index (χ3n) is 3.40. The van der Waals surface area contributed by atoms with E-state index in [9.17, 15) is 4.79 Å². The molecule has 92 valence electrons. The predicted octanol–water partition coefficient (Wildman–Crippen LogP) is 0.951. The summed E-state index contributed by atoms with van der Waals surface area (Å²) < 4.78 is 0. The Morgan fingerprint density at radius 1 is 1.65 bits per heavy atom. The van der Waals surface area contributed by atoms with Crippen LogP contribution in [0.4, 0.5) is 0 Å². The van der Waals surface area contributed by atoms with Gasteiger partial charge in [-0.25, -0.2) is 0 Å². The van der Waals surface area contributed by atoms with Crippen molar-refractivity contribution in [1.29, 1.82) is 0 Å². The van der Waals surface area contributed by atoms with Gasteiger partial charge in [0.25, 0.3) is 0 Å². The van der Waals surface area contributed by atoms with Gasteiger partial charge in [-0.1, -0.05) is 13.0 Å². The lowest BCUT2D eigenvalue weighted by atomic mass is 10.0. The van der Waals surface area contributed by atoms with Crippen LogP contribution in [-0.2, 0) is 17.8 Å². The number of carbonyl (C=O) groups is 1. The van der Waals surface area contributed by atoms with Crippen LogP contribution in [0.3, 0.4) is 0 Å². The first-order chi connectivity index (χ1) is 8.26. The summed E-state index contributed by atoms with van der Waals surface area (Å²) in [5.41, 5.74) is 7.91. The highest BCUT2D eigenvalue weighted by Gasteiger charge is 2.25. The monoisotopic (exact) mass is 233 g/mol. The Balaban J connectivity index is 2.09. The molecule has 2 heterocycles. The van der Waals surface area contributed by atoms with Gasteiger partial charge in [-0.15, -0.1) is 0 Å². The van der Waals surface area contributed by atoms with E-state index < -0.39 is 0 Å². The average Bonchev–Trinajstić information content (AvgIpc) is 2.39. The molecule has 1 atom stereocenters. The molecule has 0 aromatic carbocycles. The number of nitrogens with zero attached hydrogens (tertiary/aromatic N) is 2. The molecule has 4 heteroatoms. The van der Waals surface area contributed by atoms with E-state index in [0.29, 0.717) is 13.1 Å². The fourth-order valence-electron chi connectivity index (χ4n) is 2.25. The zero-order valence-corrected chi connectivity index (χ0v) is 10.2. The minimum atomic E-state index is -0.0341. The van der Waals surface area contributed by atoms with Crippen LogP contribution < -0.4 is 5.73 Å². The molecule has 4 nitrogen and oxygen atoms in total. The predicted molar refractivity (Wildman–Crippen MR) is 66.2 cm³/mol. The zero-order chi connectivity index (χ0) is 12.3. The van der Waals surface area contributed by atoms with Crippen LogP contribution in [0.25, 0.3) is 0 Å². The highest BCUT2D eigenvalue weighted by molar-refractivity contribution is 5.79. The molecule has 0 saturated carbocycles. The third-order valence-corrected chi connectivity index (χ3v) is 3.40. The normalized spacial score (nSPS) is 16.5. The number of fused-ring (bicyclic) bond motifs is 1. The third kappa shape index (κ3) is 2.47. The van der Waals surface area contributed by atoms with Gasteiger partial charge in [-0.2, -0.15) is 0 Å². The van der Waals surface area contributed by atoms with Gasteiger partial charge >= 0.3 is 0 Å². The van der Waals surface area contributed by atoms with Crippen LogP contribution >= 0.6 is 0 Å². The van der Waals surface area contributed by atoms with E-state index in [0.717, 1.165) is 25.1 Å². The minimum Gasteiger partial charge on any atom is -0.338 e. The molecule has 0 bridgehead atoms. The second-order valence-corrected chi connectivity index (χ2v) is 4.46. The molecule has 17 heavy (non-hydrogen) atoms. The summed E-state index contributed by atoms with van der Waals surface area (Å²) in [4.78, 5) is 18.4. The molecule has 0 fully saturated rings. The van der Waals surface area contributed by atoms with Crippen LogP contribution in [0.15, 0.2) is 18.3 Å². The second kappa shape index (κ2) is 5.27. The van der Waals surface area contributed by atoms with Crippen LogP contribution in [0.5, 0.6) is 0 Å². The Hall–Kier alpha value is -1.42. The highest BCUT2D eigenvalue weighted by Crippen LogP contribution is 2.18. The molecule has 1 unspecified atom stereocenters. The maximum Gasteiger partial charge on any atom is 0.227 e. The lowest BCUT2D eigenvalue weighted by molar-refractivity contribution is -0.136. The molecule has 0 spiro atoms. The second-order valence-electron chi connectivity index (χ2n) is 4.46. The maximum absolute atomic E-state index is 12.2. The fourth-order valence-corrected chi connectivity index (χ4v) is 2.25. The molecule has 1 aromatic rings. The quantitative estimate of drug-likeness (QED) is 0.845. The topological polar surface area (TPSA) is 59.2 Å². The molecule has 0 aliphatic carbocycles. The molecule has 1 aliphatic rings. The fraction of sp³-hybridized carbons (Fsp3) is 0.538. The molecule has 1 aliphatic heterocycles. The molecule has 1 aromatic heterocycles. The van der Waals surface area contributed by atoms with Gasteiger partial charge in [-0.3, -0.25) is 9.78 Å². The Labute approximate surface area is 102 Å². The van der Waals surface area contributed by atoms with E-state index in [1.807, 2.05) is 30.2 Å². The molecule has 2 rings (SSSR count). The van der Waals surface area contributed by atoms with Crippen molar-refractivity contribution in [2.24, 2.45) is 11.7 Å². The Kier molecular flexibility index (Phi) is 3.74. The standard InChI is InChI=1S/C13H19N3O/c1-2-10(8-14)13(17)16-7-5-12-11(9-16)4-3-6-15-12/h3-4,6,10H,2,5,7-9,14H2,1H3. The summed E-state index contributed by atoms with van der Waals surface area (Å²) in [5.74, 6) is 0.151. The highest BCUT2D eigenvalue weighted by atomic mass is 16.2. The first-order valence-electron chi connectivity index (χ1n) is 6.17. The summed E-state index contributed by atoms with van der Waals surface area (Å²) in [6, 6.07) is 3.97. The molecular weight excluding hydrogens is 214 g/mol. The summed E-state index contributed by atoms with van der Waals surface area (Å²) in [7, 11) is 0. The van der Waals surface area contributed by atoms with E-state index in [1.54, 1.807) is 0 Å². The van der Waals surface area contributed by atoms with E-state index in [2.05, 4.69) is 4.98 Å². The van der Waals surface area contributed by atoms with Gasteiger partial charge in [0.15, 0.2) is 0 Å². The minimum absolute atomic E-state index is 0.0341. The van der Waals surface area contributed by atoms with Crippen molar-refractivity contribution in [2.75, 3.05) is 13.1 Å². The molecule has 1 amide bonds. The van der Waals surface area contributed by atoms with Crippen molar-refractivity contribution in [3.05, 3.63) is 29.6 Å². The Morgan fingerprint density at radius 3 is 3.18 bits per heavy atom. The van der Waals surface area contributed by atoms with Crippen molar-refractivity contribution in [3.63, 3.8) is 0 Å². The Bertz CT molecular complexity index is 401. The average molecular weight is 233 g/mol. The van der Waals surface area contributed by atoms with Crippen LogP contribution in [0.1, 0.15) is 24.6 Å². The van der Waals surface area contributed by atoms with Gasteiger partial charge in [0.05, 0.1) is 5.92 Å². The Morgan fingerprint density at radius 2 is 2.47 bits per heavy atom. The summed E-state index contributed by atoms with van der Waals surface area (Å²) in [6.07, 6.45) is 3.47. The van der Waals surface area contributed by atoms with Crippen molar-refractivity contribution in [2.45, 2.75) is 26.3 Å². The van der Waals surface area contributed by atoms with Gasteiger partial charge in [0.2, 0.25) is 5.91 Å². The molecule has 2 N–H and O–H groups in total. The lowest BCUT2D eigenvalue weighted by Crippen LogP contribution is -2.42. The maximum atomic E-state index is 12.2. The van der Waals surface area contributed by atoms with Gasteiger partial charge in [-0.05, 0) is 18.1 Å². The van der Waals surface area contributed by atoms with Crippen LogP contribution in [0.2, 0.25) is 0 Å². The van der Waals surface area contributed by atoms with E-state index in [-0.39, 0.29) is 11.8 Å². The lowest BCUT2D eigenvalue weighted by Gasteiger charge is -2.30. The number of rotatable bonds is 3. The first-order valence-corrected chi connectivity index (χ1v) is 6.17. The summed E-state index contributed by atoms with van der Waals surface area (Å²) in [5, 5.41) is 0. The number of aromatic nitrogens is 1. The van der Waals surface area contributed by atoms with E-state index in [4.69, 9.17) is 5.73 Å². The van der Waals surface area contributed by atoms with Gasteiger partial charge in [0.1, 0.15) is 0 Å². The molecule has 0 radical (unpaired) electrons.